The van der Waals surface area contributed by atoms with Gasteiger partial charge in [-0.3, -0.25) is 9.59 Å². The van der Waals surface area contributed by atoms with Crippen LogP contribution in [0.1, 0.15) is 53.7 Å². The van der Waals surface area contributed by atoms with Crippen LogP contribution >= 0.6 is 0 Å². The third kappa shape index (κ3) is 4.61. The average molecular weight is 415 g/mol. The largest absolute Gasteiger partial charge is 0.497 e. The van der Waals surface area contributed by atoms with Crippen LogP contribution in [-0.2, 0) is 7.05 Å². The maximum Gasteiger partial charge on any atom is 0.285 e. The van der Waals surface area contributed by atoms with Gasteiger partial charge in [-0.05, 0) is 55.2 Å². The van der Waals surface area contributed by atoms with Crippen LogP contribution in [0.5, 0.6) is 5.75 Å². The van der Waals surface area contributed by atoms with Crippen LogP contribution in [-0.4, -0.2) is 28.6 Å². The molecular formula is C25H25N3O3. The molecule has 1 fully saturated rings. The first-order valence-electron chi connectivity index (χ1n) is 10.5. The predicted molar refractivity (Wildman–Crippen MR) is 120 cm³/mol. The van der Waals surface area contributed by atoms with E-state index >= 15 is 0 Å². The molecule has 6 nitrogen and oxygen atoms in total. The van der Waals surface area contributed by atoms with E-state index < -0.39 is 0 Å². The number of carbonyl (C=O) groups is 1. The molecule has 3 aromatic rings. The van der Waals surface area contributed by atoms with Gasteiger partial charge in [0, 0.05) is 30.3 Å². The highest BCUT2D eigenvalue weighted by molar-refractivity contribution is 5.94. The van der Waals surface area contributed by atoms with Gasteiger partial charge >= 0.3 is 0 Å². The second-order valence-corrected chi connectivity index (χ2v) is 7.81. The SMILES string of the molecule is COc1ccc2nc(C#Cc3ccc(C(=O)NC4CCCCC4)cc3)c(=O)n(C)c2c1. The molecule has 1 aromatic heterocycles. The van der Waals surface area contributed by atoms with Gasteiger partial charge in [0.2, 0.25) is 0 Å². The number of nitrogens with one attached hydrogen (secondary N) is 1. The summed E-state index contributed by atoms with van der Waals surface area (Å²) in [6.45, 7) is 0. The maximum absolute atomic E-state index is 12.6. The molecule has 0 radical (unpaired) electrons. The van der Waals surface area contributed by atoms with Crippen LogP contribution in [0, 0.1) is 11.8 Å². The van der Waals surface area contributed by atoms with Crippen molar-refractivity contribution in [3.05, 3.63) is 69.6 Å². The first kappa shape index (κ1) is 20.7. The van der Waals surface area contributed by atoms with Gasteiger partial charge < -0.3 is 14.6 Å². The Labute approximate surface area is 181 Å². The lowest BCUT2D eigenvalue weighted by atomic mass is 9.95. The van der Waals surface area contributed by atoms with E-state index in [1.807, 2.05) is 0 Å². The van der Waals surface area contributed by atoms with Gasteiger partial charge in [0.05, 0.1) is 18.1 Å². The summed E-state index contributed by atoms with van der Waals surface area (Å²) in [6, 6.07) is 12.8. The number of fused-ring (bicyclic) bond motifs is 1. The van der Waals surface area contributed by atoms with Gasteiger partial charge in [0.15, 0.2) is 5.69 Å². The molecule has 0 spiro atoms. The smallest absolute Gasteiger partial charge is 0.285 e. The minimum Gasteiger partial charge on any atom is -0.497 e. The number of rotatable bonds is 3. The van der Waals surface area contributed by atoms with E-state index in [-0.39, 0.29) is 23.2 Å². The third-order valence-corrected chi connectivity index (χ3v) is 5.70. The second kappa shape index (κ2) is 9.05. The molecule has 6 heteroatoms. The average Bonchev–Trinajstić information content (AvgIpc) is 2.81. The van der Waals surface area contributed by atoms with Crippen molar-refractivity contribution in [2.24, 2.45) is 7.05 Å². The lowest BCUT2D eigenvalue weighted by Crippen LogP contribution is -2.36. The zero-order valence-electron chi connectivity index (χ0n) is 17.8. The van der Waals surface area contributed by atoms with Gasteiger partial charge in [0.25, 0.3) is 11.5 Å². The van der Waals surface area contributed by atoms with Crippen molar-refractivity contribution in [1.82, 2.24) is 14.9 Å². The van der Waals surface area contributed by atoms with E-state index in [0.717, 1.165) is 12.8 Å². The minimum absolute atomic E-state index is 0.0492. The molecule has 1 N–H and O–H groups in total. The summed E-state index contributed by atoms with van der Waals surface area (Å²) >= 11 is 0. The summed E-state index contributed by atoms with van der Waals surface area (Å²) in [7, 11) is 3.27. The quantitative estimate of drug-likeness (QED) is 0.666. The number of aromatic nitrogens is 2. The number of nitrogens with zero attached hydrogens (tertiary/aromatic N) is 2. The Morgan fingerprint density at radius 3 is 2.55 bits per heavy atom. The lowest BCUT2D eigenvalue weighted by Gasteiger charge is -2.22. The molecule has 1 heterocycles. The molecule has 2 aromatic carbocycles. The topological polar surface area (TPSA) is 73.2 Å². The fraction of sp³-hybridized carbons (Fsp3) is 0.320. The van der Waals surface area contributed by atoms with Crippen molar-refractivity contribution in [3.63, 3.8) is 0 Å². The molecular weight excluding hydrogens is 390 g/mol. The van der Waals surface area contributed by atoms with Gasteiger partial charge in [-0.2, -0.15) is 0 Å². The molecule has 31 heavy (non-hydrogen) atoms. The monoisotopic (exact) mass is 415 g/mol. The van der Waals surface area contributed by atoms with Crippen molar-refractivity contribution < 1.29 is 9.53 Å². The van der Waals surface area contributed by atoms with E-state index in [1.54, 1.807) is 56.6 Å². The Hall–Kier alpha value is -3.59. The normalized spacial score (nSPS) is 14.0. The molecule has 1 aliphatic carbocycles. The van der Waals surface area contributed by atoms with Crippen LogP contribution < -0.4 is 15.6 Å². The fourth-order valence-corrected chi connectivity index (χ4v) is 3.86. The first-order chi connectivity index (χ1) is 15.0. The fourth-order valence-electron chi connectivity index (χ4n) is 3.86. The van der Waals surface area contributed by atoms with Crippen molar-refractivity contribution in [2.75, 3.05) is 7.11 Å². The van der Waals surface area contributed by atoms with E-state index in [4.69, 9.17) is 4.74 Å². The second-order valence-electron chi connectivity index (χ2n) is 7.81. The van der Waals surface area contributed by atoms with E-state index in [1.165, 1.54) is 23.8 Å². The minimum atomic E-state index is -0.267. The highest BCUT2D eigenvalue weighted by atomic mass is 16.5. The Morgan fingerprint density at radius 2 is 1.84 bits per heavy atom. The Bertz CT molecular complexity index is 1230. The van der Waals surface area contributed by atoms with Gasteiger partial charge in [0.1, 0.15) is 5.75 Å². The summed E-state index contributed by atoms with van der Waals surface area (Å²) in [5.41, 5.74) is 2.60. The molecule has 4 rings (SSSR count). The van der Waals surface area contributed by atoms with E-state index in [9.17, 15) is 9.59 Å². The molecule has 0 unspecified atom stereocenters. The number of ether oxygens (including phenoxy) is 1. The highest BCUT2D eigenvalue weighted by Crippen LogP contribution is 2.19. The van der Waals surface area contributed by atoms with Crippen molar-refractivity contribution in [3.8, 4) is 17.6 Å². The summed E-state index contributed by atoms with van der Waals surface area (Å²) in [6.07, 6.45) is 5.71. The van der Waals surface area contributed by atoms with Gasteiger partial charge in [-0.15, -0.1) is 0 Å². The van der Waals surface area contributed by atoms with Crippen LogP contribution in [0.3, 0.4) is 0 Å². The number of carbonyl (C=O) groups excluding carboxylic acids is 1. The maximum atomic E-state index is 12.6. The molecule has 158 valence electrons. The van der Waals surface area contributed by atoms with Crippen LogP contribution in [0.25, 0.3) is 11.0 Å². The molecule has 1 amide bonds. The summed E-state index contributed by atoms with van der Waals surface area (Å²) in [4.78, 5) is 29.5. The standard InChI is InChI=1S/C25H25N3O3/c1-28-23-16-20(31-2)13-15-21(23)27-22(25(28)30)14-10-17-8-11-18(12-9-17)24(29)26-19-6-4-3-5-7-19/h8-9,11-13,15-16,19H,3-7H2,1-2H3,(H,26,29). The number of methoxy groups -OCH3 is 1. The van der Waals surface area contributed by atoms with Crippen LogP contribution in [0.15, 0.2) is 47.3 Å². The Morgan fingerprint density at radius 1 is 1.10 bits per heavy atom. The number of hydrogen-bond acceptors (Lipinski definition) is 4. The van der Waals surface area contributed by atoms with Crippen molar-refractivity contribution in [1.29, 1.82) is 0 Å². The molecule has 0 aliphatic heterocycles. The van der Waals surface area contributed by atoms with Crippen molar-refractivity contribution in [2.45, 2.75) is 38.1 Å². The predicted octanol–water partition coefficient (Wildman–Crippen LogP) is 3.40. The van der Waals surface area contributed by atoms with Gasteiger partial charge in [-0.1, -0.05) is 25.2 Å². The zero-order valence-corrected chi connectivity index (χ0v) is 17.8. The molecule has 1 aliphatic rings. The zero-order chi connectivity index (χ0) is 21.8. The van der Waals surface area contributed by atoms with Crippen molar-refractivity contribution >= 4 is 16.9 Å². The Balaban J connectivity index is 1.53. The molecule has 0 atom stereocenters. The number of hydrogen-bond donors (Lipinski definition) is 1. The summed E-state index contributed by atoms with van der Waals surface area (Å²) < 4.78 is 6.74. The Kier molecular flexibility index (Phi) is 6.03. The summed E-state index contributed by atoms with van der Waals surface area (Å²) in [5, 5.41) is 3.11. The molecule has 0 saturated heterocycles. The number of amides is 1. The van der Waals surface area contributed by atoms with E-state index in [2.05, 4.69) is 22.1 Å². The van der Waals surface area contributed by atoms with Gasteiger partial charge in [-0.25, -0.2) is 4.98 Å². The lowest BCUT2D eigenvalue weighted by molar-refractivity contribution is 0.0927. The third-order valence-electron chi connectivity index (χ3n) is 5.70. The van der Waals surface area contributed by atoms with E-state index in [0.29, 0.717) is 27.9 Å². The first-order valence-corrected chi connectivity index (χ1v) is 10.5. The number of aryl methyl sites for hydroxylation is 1. The highest BCUT2D eigenvalue weighted by Gasteiger charge is 2.16. The molecule has 1 saturated carbocycles. The summed E-state index contributed by atoms with van der Waals surface area (Å²) in [5.74, 6) is 6.47. The van der Waals surface area contributed by atoms with Crippen LogP contribution in [0.2, 0.25) is 0 Å². The van der Waals surface area contributed by atoms with Crippen LogP contribution in [0.4, 0.5) is 0 Å². The molecule has 0 bridgehead atoms. The number of benzene rings is 2.